The molecule has 8 heteroatoms. The predicted octanol–water partition coefficient (Wildman–Crippen LogP) is 3.38. The highest BCUT2D eigenvalue weighted by molar-refractivity contribution is 5.94. The van der Waals surface area contributed by atoms with Crippen LogP contribution >= 0.6 is 0 Å². The van der Waals surface area contributed by atoms with Gasteiger partial charge in [0.25, 0.3) is 5.91 Å². The number of nitrogens with zero attached hydrogens (tertiary/aromatic N) is 3. The summed E-state index contributed by atoms with van der Waals surface area (Å²) < 4.78 is 10.9. The molecule has 0 fully saturated rings. The van der Waals surface area contributed by atoms with Crippen molar-refractivity contribution in [1.82, 2.24) is 25.5 Å². The first kappa shape index (κ1) is 20.1. The number of rotatable bonds is 8. The van der Waals surface area contributed by atoms with Crippen molar-refractivity contribution in [2.75, 3.05) is 7.11 Å². The minimum absolute atomic E-state index is 0.225. The Kier molecular flexibility index (Phi) is 6.18. The zero-order valence-electron chi connectivity index (χ0n) is 16.9. The lowest BCUT2D eigenvalue weighted by Gasteiger charge is -2.08. The quantitative estimate of drug-likeness (QED) is 0.457. The van der Waals surface area contributed by atoms with E-state index in [1.165, 1.54) is 0 Å². The lowest BCUT2D eigenvalue weighted by atomic mass is 10.2. The number of nitrogens with one attached hydrogen (secondary N) is 2. The third-order valence-electron chi connectivity index (χ3n) is 4.52. The molecule has 2 heterocycles. The molecule has 4 aromatic rings. The highest BCUT2D eigenvalue weighted by atomic mass is 16.5. The van der Waals surface area contributed by atoms with Gasteiger partial charge in [0.2, 0.25) is 0 Å². The second-order valence-corrected chi connectivity index (χ2v) is 6.69. The van der Waals surface area contributed by atoms with Crippen LogP contribution in [0.5, 0.6) is 11.5 Å². The molecule has 0 spiro atoms. The monoisotopic (exact) mass is 415 g/mol. The van der Waals surface area contributed by atoms with Crippen molar-refractivity contribution >= 4 is 5.91 Å². The van der Waals surface area contributed by atoms with E-state index in [1.807, 2.05) is 42.5 Å². The molecule has 0 saturated heterocycles. The van der Waals surface area contributed by atoms with Crippen LogP contribution in [0, 0.1) is 0 Å². The first-order valence-electron chi connectivity index (χ1n) is 9.67. The van der Waals surface area contributed by atoms with Crippen LogP contribution in [0.25, 0.3) is 11.4 Å². The molecule has 1 amide bonds. The van der Waals surface area contributed by atoms with Crippen LogP contribution in [0.3, 0.4) is 0 Å². The molecule has 2 aromatic carbocycles. The number of ether oxygens (including phenoxy) is 2. The molecule has 0 radical (unpaired) electrons. The standard InChI is InChI=1S/C23H21N5O3/c1-30-19-9-7-17(8-10-19)22-26-21(27-28-22)14-25-23(29)18-5-2-6-20(12-18)31-15-16-4-3-11-24-13-16/h2-13H,14-15H2,1H3,(H,25,29)(H,26,27,28). The maximum absolute atomic E-state index is 12.5. The number of amides is 1. The van der Waals surface area contributed by atoms with Gasteiger partial charge in [0.1, 0.15) is 23.9 Å². The molecule has 2 N–H and O–H groups in total. The van der Waals surface area contributed by atoms with E-state index < -0.39 is 0 Å². The molecular weight excluding hydrogens is 394 g/mol. The Morgan fingerprint density at radius 2 is 1.94 bits per heavy atom. The number of carbonyl (C=O) groups excluding carboxylic acids is 1. The van der Waals surface area contributed by atoms with Crippen molar-refractivity contribution in [3.63, 3.8) is 0 Å². The highest BCUT2D eigenvalue weighted by Gasteiger charge is 2.10. The maximum Gasteiger partial charge on any atom is 0.251 e. The number of H-pyrrole nitrogens is 1. The van der Waals surface area contributed by atoms with Crippen LogP contribution in [0.2, 0.25) is 0 Å². The van der Waals surface area contributed by atoms with Gasteiger partial charge in [-0.25, -0.2) is 4.98 Å². The number of methoxy groups -OCH3 is 1. The molecule has 156 valence electrons. The summed E-state index contributed by atoms with van der Waals surface area (Å²) in [6.45, 7) is 0.605. The SMILES string of the molecule is COc1ccc(-c2n[nH]c(CNC(=O)c3cccc(OCc4cccnc4)c3)n2)cc1. The molecule has 0 bridgehead atoms. The van der Waals surface area contributed by atoms with Gasteiger partial charge in [-0.05, 0) is 48.5 Å². The Bertz CT molecular complexity index is 1140. The van der Waals surface area contributed by atoms with Crippen LogP contribution in [0.15, 0.2) is 73.1 Å². The van der Waals surface area contributed by atoms with Crippen molar-refractivity contribution < 1.29 is 14.3 Å². The van der Waals surface area contributed by atoms with Crippen LogP contribution in [-0.2, 0) is 13.2 Å². The molecule has 31 heavy (non-hydrogen) atoms. The molecule has 0 aliphatic heterocycles. The summed E-state index contributed by atoms with van der Waals surface area (Å²) in [6.07, 6.45) is 3.46. The number of hydrogen-bond donors (Lipinski definition) is 2. The van der Waals surface area contributed by atoms with E-state index in [4.69, 9.17) is 9.47 Å². The van der Waals surface area contributed by atoms with E-state index in [2.05, 4.69) is 25.5 Å². The Morgan fingerprint density at radius 1 is 1.06 bits per heavy atom. The minimum Gasteiger partial charge on any atom is -0.497 e. The van der Waals surface area contributed by atoms with Gasteiger partial charge in [-0.2, -0.15) is 5.10 Å². The van der Waals surface area contributed by atoms with Crippen LogP contribution in [-0.4, -0.2) is 33.2 Å². The lowest BCUT2D eigenvalue weighted by Crippen LogP contribution is -2.23. The molecule has 8 nitrogen and oxygen atoms in total. The van der Waals surface area contributed by atoms with E-state index in [1.54, 1.807) is 37.7 Å². The molecule has 2 aromatic heterocycles. The van der Waals surface area contributed by atoms with E-state index >= 15 is 0 Å². The number of pyridine rings is 1. The zero-order valence-corrected chi connectivity index (χ0v) is 16.9. The van der Waals surface area contributed by atoms with E-state index in [-0.39, 0.29) is 12.5 Å². The van der Waals surface area contributed by atoms with Gasteiger partial charge >= 0.3 is 0 Å². The van der Waals surface area contributed by atoms with Crippen molar-refractivity contribution in [3.05, 3.63) is 90.0 Å². The minimum atomic E-state index is -0.228. The summed E-state index contributed by atoms with van der Waals surface area (Å²) in [5.74, 6) is 2.26. The smallest absolute Gasteiger partial charge is 0.251 e. The second kappa shape index (κ2) is 9.53. The summed E-state index contributed by atoms with van der Waals surface area (Å²) in [5.41, 5.74) is 2.31. The third-order valence-corrected chi connectivity index (χ3v) is 4.52. The number of benzene rings is 2. The largest absolute Gasteiger partial charge is 0.497 e. The zero-order chi connectivity index (χ0) is 21.5. The number of hydrogen-bond acceptors (Lipinski definition) is 6. The first-order valence-corrected chi connectivity index (χ1v) is 9.67. The highest BCUT2D eigenvalue weighted by Crippen LogP contribution is 2.19. The fourth-order valence-corrected chi connectivity index (χ4v) is 2.89. The molecule has 0 atom stereocenters. The van der Waals surface area contributed by atoms with Gasteiger partial charge < -0.3 is 14.8 Å². The number of aromatic nitrogens is 4. The Hall–Kier alpha value is -4.20. The fourth-order valence-electron chi connectivity index (χ4n) is 2.89. The average Bonchev–Trinajstić information content (AvgIpc) is 3.31. The maximum atomic E-state index is 12.5. The second-order valence-electron chi connectivity index (χ2n) is 6.69. The normalized spacial score (nSPS) is 10.5. The summed E-state index contributed by atoms with van der Waals surface area (Å²) in [5, 5.41) is 9.90. The van der Waals surface area contributed by atoms with Gasteiger partial charge in [0.15, 0.2) is 5.82 Å². The lowest BCUT2D eigenvalue weighted by molar-refractivity contribution is 0.0949. The van der Waals surface area contributed by atoms with E-state index in [0.717, 1.165) is 16.9 Å². The van der Waals surface area contributed by atoms with Gasteiger partial charge in [-0.1, -0.05) is 12.1 Å². The summed E-state index contributed by atoms with van der Waals surface area (Å²) in [6, 6.07) is 18.3. The van der Waals surface area contributed by atoms with Crippen LogP contribution < -0.4 is 14.8 Å². The van der Waals surface area contributed by atoms with Crippen LogP contribution in [0.1, 0.15) is 21.7 Å². The Labute approximate surface area is 179 Å². The molecular formula is C23H21N5O3. The topological polar surface area (TPSA) is 102 Å². The van der Waals surface area contributed by atoms with Crippen molar-refractivity contribution in [3.8, 4) is 22.9 Å². The molecule has 0 unspecified atom stereocenters. The summed E-state index contributed by atoms with van der Waals surface area (Å²) in [4.78, 5) is 21.0. The van der Waals surface area contributed by atoms with Gasteiger partial charge in [0.05, 0.1) is 13.7 Å². The fraction of sp³-hybridized carbons (Fsp3) is 0.130. The van der Waals surface area contributed by atoms with Crippen LogP contribution in [0.4, 0.5) is 0 Å². The summed E-state index contributed by atoms with van der Waals surface area (Å²) in [7, 11) is 1.62. The average molecular weight is 415 g/mol. The van der Waals surface area contributed by atoms with Crippen molar-refractivity contribution in [1.29, 1.82) is 0 Å². The van der Waals surface area contributed by atoms with E-state index in [9.17, 15) is 4.79 Å². The summed E-state index contributed by atoms with van der Waals surface area (Å²) >= 11 is 0. The van der Waals surface area contributed by atoms with Gasteiger partial charge in [0, 0.05) is 29.1 Å². The van der Waals surface area contributed by atoms with Gasteiger partial charge in [-0.3, -0.25) is 14.9 Å². The molecule has 0 aliphatic rings. The Balaban J connectivity index is 1.34. The first-order chi connectivity index (χ1) is 15.2. The third kappa shape index (κ3) is 5.24. The number of aromatic amines is 1. The number of carbonyl (C=O) groups is 1. The van der Waals surface area contributed by atoms with Gasteiger partial charge in [-0.15, -0.1) is 0 Å². The molecule has 0 aliphatic carbocycles. The van der Waals surface area contributed by atoms with Crippen molar-refractivity contribution in [2.24, 2.45) is 0 Å². The predicted molar refractivity (Wildman–Crippen MR) is 115 cm³/mol. The molecule has 0 saturated carbocycles. The van der Waals surface area contributed by atoms with E-state index in [0.29, 0.717) is 29.6 Å². The Morgan fingerprint density at radius 3 is 2.71 bits per heavy atom. The molecule has 4 rings (SSSR count). The van der Waals surface area contributed by atoms with Crippen molar-refractivity contribution in [2.45, 2.75) is 13.2 Å².